The minimum Gasteiger partial charge on any atom is -0.308 e. The van der Waals surface area contributed by atoms with Gasteiger partial charge in [-0.15, -0.1) is 11.3 Å². The summed E-state index contributed by atoms with van der Waals surface area (Å²) in [6.45, 7) is 2.95. The molecule has 1 aromatic rings. The Hall–Kier alpha value is -0.870. The van der Waals surface area contributed by atoms with Crippen molar-refractivity contribution in [2.45, 2.75) is 32.6 Å². The molecular weight excluding hydrogens is 206 g/mol. The van der Waals surface area contributed by atoms with Crippen LogP contribution in [-0.4, -0.2) is 12.4 Å². The third-order valence-corrected chi connectivity index (χ3v) is 3.85. The van der Waals surface area contributed by atoms with Crippen LogP contribution in [0.5, 0.6) is 0 Å². The van der Waals surface area contributed by atoms with Crippen molar-refractivity contribution in [3.8, 4) is 0 Å². The average molecular weight is 223 g/mol. The van der Waals surface area contributed by atoms with Crippen LogP contribution in [0.2, 0.25) is 0 Å². The summed E-state index contributed by atoms with van der Waals surface area (Å²) in [5.41, 5.74) is 4.20. The highest BCUT2D eigenvalue weighted by molar-refractivity contribution is 7.14. The SMILES string of the molecule is CCCN=C(NN)c1cc2c(s1)CCC2. The Kier molecular flexibility index (Phi) is 3.38. The highest BCUT2D eigenvalue weighted by atomic mass is 32.1. The topological polar surface area (TPSA) is 50.4 Å². The van der Waals surface area contributed by atoms with Gasteiger partial charge in [0.25, 0.3) is 0 Å². The van der Waals surface area contributed by atoms with Crippen molar-refractivity contribution in [3.63, 3.8) is 0 Å². The van der Waals surface area contributed by atoms with Gasteiger partial charge >= 0.3 is 0 Å². The molecule has 0 saturated heterocycles. The number of aryl methyl sites for hydroxylation is 2. The number of nitrogens with two attached hydrogens (primary N) is 1. The normalized spacial score (nSPS) is 15.5. The van der Waals surface area contributed by atoms with Gasteiger partial charge in [0.1, 0.15) is 0 Å². The van der Waals surface area contributed by atoms with Crippen molar-refractivity contribution >= 4 is 17.2 Å². The maximum absolute atomic E-state index is 5.49. The van der Waals surface area contributed by atoms with E-state index < -0.39 is 0 Å². The lowest BCUT2D eigenvalue weighted by molar-refractivity contribution is 0.906. The molecule has 0 saturated carbocycles. The summed E-state index contributed by atoms with van der Waals surface area (Å²) < 4.78 is 0. The van der Waals surface area contributed by atoms with Gasteiger partial charge in [0.2, 0.25) is 0 Å². The van der Waals surface area contributed by atoms with Gasteiger partial charge in [-0.05, 0) is 37.3 Å². The fourth-order valence-corrected chi connectivity index (χ4v) is 3.09. The van der Waals surface area contributed by atoms with Crippen LogP contribution in [0, 0.1) is 0 Å². The Morgan fingerprint density at radius 3 is 3.13 bits per heavy atom. The van der Waals surface area contributed by atoms with Gasteiger partial charge in [0, 0.05) is 11.4 Å². The summed E-state index contributed by atoms with van der Waals surface area (Å²) in [6, 6.07) is 2.24. The molecule has 0 amide bonds. The van der Waals surface area contributed by atoms with E-state index in [4.69, 9.17) is 5.84 Å². The molecule has 15 heavy (non-hydrogen) atoms. The molecule has 3 N–H and O–H groups in total. The molecule has 1 aromatic heterocycles. The molecule has 3 nitrogen and oxygen atoms in total. The molecule has 1 aliphatic rings. The van der Waals surface area contributed by atoms with E-state index in [9.17, 15) is 0 Å². The minimum absolute atomic E-state index is 0.835. The second-order valence-corrected chi connectivity index (χ2v) is 4.92. The zero-order chi connectivity index (χ0) is 10.7. The Morgan fingerprint density at radius 2 is 2.47 bits per heavy atom. The van der Waals surface area contributed by atoms with Crippen molar-refractivity contribution in [2.24, 2.45) is 10.8 Å². The van der Waals surface area contributed by atoms with E-state index in [0.29, 0.717) is 0 Å². The van der Waals surface area contributed by atoms with Crippen molar-refractivity contribution in [1.29, 1.82) is 0 Å². The predicted molar refractivity (Wildman–Crippen MR) is 65.4 cm³/mol. The smallest absolute Gasteiger partial charge is 0.152 e. The van der Waals surface area contributed by atoms with Crippen LogP contribution < -0.4 is 11.3 Å². The largest absolute Gasteiger partial charge is 0.308 e. The quantitative estimate of drug-likeness (QED) is 0.356. The van der Waals surface area contributed by atoms with Crippen molar-refractivity contribution in [1.82, 2.24) is 5.43 Å². The number of nitrogens with one attached hydrogen (secondary N) is 1. The molecule has 2 rings (SSSR count). The van der Waals surface area contributed by atoms with Crippen LogP contribution in [0.3, 0.4) is 0 Å². The molecule has 4 heteroatoms. The lowest BCUT2D eigenvalue weighted by atomic mass is 10.2. The first-order valence-corrected chi connectivity index (χ1v) is 6.29. The molecule has 0 unspecified atom stereocenters. The molecule has 0 aliphatic heterocycles. The fraction of sp³-hybridized carbons (Fsp3) is 0.545. The molecule has 0 spiro atoms. The lowest BCUT2D eigenvalue weighted by Gasteiger charge is -2.02. The van der Waals surface area contributed by atoms with Crippen molar-refractivity contribution < 1.29 is 0 Å². The van der Waals surface area contributed by atoms with Crippen LogP contribution in [0.25, 0.3) is 0 Å². The van der Waals surface area contributed by atoms with Gasteiger partial charge in [-0.25, -0.2) is 5.84 Å². The Morgan fingerprint density at radius 1 is 1.60 bits per heavy atom. The second-order valence-electron chi connectivity index (χ2n) is 3.79. The highest BCUT2D eigenvalue weighted by Gasteiger charge is 2.16. The van der Waals surface area contributed by atoms with E-state index in [1.165, 1.54) is 34.6 Å². The Labute approximate surface area is 94.4 Å². The summed E-state index contributed by atoms with van der Waals surface area (Å²) in [6.07, 6.45) is 4.80. The fourth-order valence-electron chi connectivity index (χ4n) is 1.86. The lowest BCUT2D eigenvalue weighted by Crippen LogP contribution is -2.30. The monoisotopic (exact) mass is 223 g/mol. The molecule has 0 aromatic carbocycles. The van der Waals surface area contributed by atoms with Crippen LogP contribution in [0.1, 0.15) is 35.1 Å². The third-order valence-electron chi connectivity index (χ3n) is 2.61. The molecule has 1 aliphatic carbocycles. The molecule has 82 valence electrons. The van der Waals surface area contributed by atoms with Crippen LogP contribution in [-0.2, 0) is 12.8 Å². The van der Waals surface area contributed by atoms with E-state index >= 15 is 0 Å². The van der Waals surface area contributed by atoms with Gasteiger partial charge in [0.05, 0.1) is 4.88 Å². The number of thiophene rings is 1. The number of nitrogens with zero attached hydrogens (tertiary/aromatic N) is 1. The van der Waals surface area contributed by atoms with Gasteiger partial charge in [-0.2, -0.15) is 0 Å². The molecule has 1 heterocycles. The first kappa shape index (κ1) is 10.6. The van der Waals surface area contributed by atoms with Gasteiger partial charge < -0.3 is 5.43 Å². The number of hydrogen-bond acceptors (Lipinski definition) is 3. The highest BCUT2D eigenvalue weighted by Crippen LogP contribution is 2.30. The van der Waals surface area contributed by atoms with Crippen molar-refractivity contribution in [2.75, 3.05) is 6.54 Å². The van der Waals surface area contributed by atoms with E-state index in [0.717, 1.165) is 18.8 Å². The summed E-state index contributed by atoms with van der Waals surface area (Å²) in [4.78, 5) is 7.14. The molecule has 0 bridgehead atoms. The number of hydrazine groups is 1. The van der Waals surface area contributed by atoms with E-state index in [1.807, 2.05) is 11.3 Å². The standard InChI is InChI=1S/C11H17N3S/c1-2-6-13-11(14-12)10-7-8-4-3-5-9(8)15-10/h7H,2-6,12H2,1H3,(H,13,14). The van der Waals surface area contributed by atoms with Crippen molar-refractivity contribution in [3.05, 3.63) is 21.4 Å². The summed E-state index contributed by atoms with van der Waals surface area (Å²) >= 11 is 1.83. The number of hydrogen-bond donors (Lipinski definition) is 2. The molecule has 0 fully saturated rings. The number of aliphatic imine (C=N–C) groups is 1. The maximum Gasteiger partial charge on any atom is 0.152 e. The van der Waals surface area contributed by atoms with Gasteiger partial charge in [-0.1, -0.05) is 6.92 Å². The predicted octanol–water partition coefficient (Wildman–Crippen LogP) is 1.86. The van der Waals surface area contributed by atoms with E-state index in [1.54, 1.807) is 0 Å². The summed E-state index contributed by atoms with van der Waals surface area (Å²) in [7, 11) is 0. The molecular formula is C11H17N3S. The number of fused-ring (bicyclic) bond motifs is 1. The zero-order valence-corrected chi connectivity index (χ0v) is 9.86. The summed E-state index contributed by atoms with van der Waals surface area (Å²) in [5.74, 6) is 6.33. The molecule has 0 atom stereocenters. The molecule has 0 radical (unpaired) electrons. The number of amidine groups is 1. The average Bonchev–Trinajstić information content (AvgIpc) is 2.79. The van der Waals surface area contributed by atoms with E-state index in [-0.39, 0.29) is 0 Å². The van der Waals surface area contributed by atoms with E-state index in [2.05, 4.69) is 23.4 Å². The van der Waals surface area contributed by atoms with Gasteiger partial charge in [-0.3, -0.25) is 4.99 Å². The number of rotatable bonds is 3. The second kappa shape index (κ2) is 4.77. The first-order chi connectivity index (χ1) is 7.35. The third kappa shape index (κ3) is 2.21. The summed E-state index contributed by atoms with van der Waals surface area (Å²) in [5, 5.41) is 0. The maximum atomic E-state index is 5.49. The first-order valence-electron chi connectivity index (χ1n) is 5.48. The minimum atomic E-state index is 0.835. The van der Waals surface area contributed by atoms with Crippen LogP contribution in [0.15, 0.2) is 11.1 Å². The Bertz CT molecular complexity index is 346. The van der Waals surface area contributed by atoms with Crippen LogP contribution >= 0.6 is 11.3 Å². The van der Waals surface area contributed by atoms with Crippen LogP contribution in [0.4, 0.5) is 0 Å². The Balaban J connectivity index is 2.20. The zero-order valence-electron chi connectivity index (χ0n) is 9.05. The van der Waals surface area contributed by atoms with Gasteiger partial charge in [0.15, 0.2) is 5.84 Å².